The first-order valence-electron chi connectivity index (χ1n) is 5.09. The second-order valence-electron chi connectivity index (χ2n) is 3.49. The molecule has 0 saturated carbocycles. The Hall–Kier alpha value is -1.54. The summed E-state index contributed by atoms with van der Waals surface area (Å²) >= 11 is 3.89. The average molecular weight is 346 g/mol. The van der Waals surface area contributed by atoms with Crippen LogP contribution in [0, 0.1) is 0 Å². The number of methoxy groups -OCH3 is 1. The summed E-state index contributed by atoms with van der Waals surface area (Å²) in [6, 6.07) is 3.32. The fraction of sp³-hybridized carbons (Fsp3) is 0.182. The Morgan fingerprint density at radius 3 is 2.84 bits per heavy atom. The maximum atomic E-state index is 11.9. The van der Waals surface area contributed by atoms with Crippen molar-refractivity contribution in [2.45, 2.75) is 0 Å². The zero-order valence-corrected chi connectivity index (χ0v) is 12.1. The van der Waals surface area contributed by atoms with Gasteiger partial charge < -0.3 is 9.15 Å². The van der Waals surface area contributed by atoms with Crippen LogP contribution in [0.2, 0.25) is 0 Å². The van der Waals surface area contributed by atoms with Gasteiger partial charge in [-0.15, -0.1) is 0 Å². The lowest BCUT2D eigenvalue weighted by Crippen LogP contribution is -2.34. The summed E-state index contributed by atoms with van der Waals surface area (Å²) in [5.74, 6) is -0.743. The SMILES string of the molecule is COC(=O)CN1C(=O)SC(=Cc2ccc(Br)o2)C1=O. The minimum Gasteiger partial charge on any atom is -0.468 e. The number of nitrogens with zero attached hydrogens (tertiary/aromatic N) is 1. The third-order valence-corrected chi connectivity index (χ3v) is 3.59. The van der Waals surface area contributed by atoms with E-state index in [0.717, 1.165) is 16.7 Å². The second-order valence-corrected chi connectivity index (χ2v) is 5.26. The second kappa shape index (κ2) is 5.62. The Bertz CT molecular complexity index is 579. The first-order chi connectivity index (χ1) is 9.01. The van der Waals surface area contributed by atoms with E-state index in [1.165, 1.54) is 13.2 Å². The summed E-state index contributed by atoms with van der Waals surface area (Å²) in [5, 5.41) is -0.507. The summed E-state index contributed by atoms with van der Waals surface area (Å²) in [4.78, 5) is 35.7. The maximum Gasteiger partial charge on any atom is 0.325 e. The molecular formula is C11H8BrNO5S. The number of hydrogen-bond acceptors (Lipinski definition) is 6. The molecule has 2 amide bonds. The number of imide groups is 1. The molecular weight excluding hydrogens is 338 g/mol. The molecule has 1 aromatic heterocycles. The number of hydrogen-bond donors (Lipinski definition) is 0. The molecule has 0 bridgehead atoms. The monoisotopic (exact) mass is 345 g/mol. The van der Waals surface area contributed by atoms with Crippen molar-refractivity contribution in [3.05, 3.63) is 27.5 Å². The van der Waals surface area contributed by atoms with Gasteiger partial charge in [0, 0.05) is 6.08 Å². The van der Waals surface area contributed by atoms with Crippen LogP contribution in [0.25, 0.3) is 6.08 Å². The summed E-state index contributed by atoms with van der Waals surface area (Å²) in [6.07, 6.45) is 1.45. The molecule has 0 radical (unpaired) electrons. The van der Waals surface area contributed by atoms with Gasteiger partial charge in [0.25, 0.3) is 11.1 Å². The van der Waals surface area contributed by atoms with E-state index in [1.807, 2.05) is 0 Å². The van der Waals surface area contributed by atoms with E-state index in [1.54, 1.807) is 12.1 Å². The van der Waals surface area contributed by atoms with Crippen LogP contribution >= 0.6 is 27.7 Å². The third-order valence-electron chi connectivity index (χ3n) is 2.26. The normalized spacial score (nSPS) is 17.4. The van der Waals surface area contributed by atoms with E-state index < -0.39 is 17.1 Å². The zero-order chi connectivity index (χ0) is 14.0. The van der Waals surface area contributed by atoms with Crippen LogP contribution in [-0.4, -0.2) is 35.7 Å². The molecule has 2 heterocycles. The molecule has 1 aromatic rings. The van der Waals surface area contributed by atoms with Crippen molar-refractivity contribution in [2.75, 3.05) is 13.7 Å². The molecule has 0 aliphatic carbocycles. The molecule has 0 unspecified atom stereocenters. The van der Waals surface area contributed by atoms with Crippen LogP contribution in [0.15, 0.2) is 26.1 Å². The summed E-state index contributed by atoms with van der Waals surface area (Å²) < 4.78 is 10.2. The number of rotatable bonds is 3. The van der Waals surface area contributed by atoms with Crippen molar-refractivity contribution in [3.63, 3.8) is 0 Å². The van der Waals surface area contributed by atoms with Crippen molar-refractivity contribution in [1.82, 2.24) is 4.90 Å². The van der Waals surface area contributed by atoms with Gasteiger partial charge in [0.05, 0.1) is 12.0 Å². The highest BCUT2D eigenvalue weighted by molar-refractivity contribution is 9.10. The van der Waals surface area contributed by atoms with E-state index in [4.69, 9.17) is 4.42 Å². The van der Waals surface area contributed by atoms with Crippen LogP contribution in [0.5, 0.6) is 0 Å². The van der Waals surface area contributed by atoms with Crippen LogP contribution in [0.1, 0.15) is 5.76 Å². The first-order valence-corrected chi connectivity index (χ1v) is 6.69. The highest BCUT2D eigenvalue weighted by atomic mass is 79.9. The van der Waals surface area contributed by atoms with Gasteiger partial charge in [-0.05, 0) is 39.8 Å². The van der Waals surface area contributed by atoms with Gasteiger partial charge in [0.15, 0.2) is 4.67 Å². The van der Waals surface area contributed by atoms with Crippen LogP contribution in [-0.2, 0) is 14.3 Å². The Morgan fingerprint density at radius 2 is 2.26 bits per heavy atom. The minimum atomic E-state index is -0.649. The number of halogens is 1. The molecule has 1 fully saturated rings. The Morgan fingerprint density at radius 1 is 1.53 bits per heavy atom. The molecule has 1 aliphatic rings. The number of thioether (sulfide) groups is 1. The number of furan rings is 1. The number of carbonyl (C=O) groups is 3. The van der Waals surface area contributed by atoms with E-state index in [9.17, 15) is 14.4 Å². The molecule has 6 nitrogen and oxygen atoms in total. The van der Waals surface area contributed by atoms with Crippen molar-refractivity contribution >= 4 is 50.9 Å². The predicted molar refractivity (Wildman–Crippen MR) is 71.1 cm³/mol. The zero-order valence-electron chi connectivity index (χ0n) is 9.71. The van der Waals surface area contributed by atoms with Crippen LogP contribution in [0.3, 0.4) is 0 Å². The number of amides is 2. The third kappa shape index (κ3) is 3.07. The highest BCUT2D eigenvalue weighted by Gasteiger charge is 2.36. The standard InChI is InChI=1S/C11H8BrNO5S/c1-17-9(14)5-13-10(15)7(19-11(13)16)4-6-2-3-8(12)18-6/h2-4H,5H2,1H3. The molecule has 8 heteroatoms. The first kappa shape index (κ1) is 13.9. The molecule has 0 spiro atoms. The van der Waals surface area contributed by atoms with E-state index in [2.05, 4.69) is 20.7 Å². The van der Waals surface area contributed by atoms with Gasteiger partial charge in [-0.25, -0.2) is 0 Å². The van der Waals surface area contributed by atoms with Crippen molar-refractivity contribution in [1.29, 1.82) is 0 Å². The predicted octanol–water partition coefficient (Wildman–Crippen LogP) is 2.25. The quantitative estimate of drug-likeness (QED) is 0.617. The summed E-state index contributed by atoms with van der Waals surface area (Å²) in [7, 11) is 1.19. The lowest BCUT2D eigenvalue weighted by molar-refractivity contribution is -0.143. The van der Waals surface area contributed by atoms with E-state index in [-0.39, 0.29) is 11.4 Å². The minimum absolute atomic E-state index is 0.204. The van der Waals surface area contributed by atoms with Gasteiger partial charge in [-0.3, -0.25) is 19.3 Å². The Kier molecular flexibility index (Phi) is 4.11. The molecule has 0 aromatic carbocycles. The van der Waals surface area contributed by atoms with Crippen LogP contribution in [0.4, 0.5) is 4.79 Å². The van der Waals surface area contributed by atoms with Gasteiger partial charge in [0.2, 0.25) is 0 Å². The summed E-state index contributed by atoms with van der Waals surface area (Å²) in [5.41, 5.74) is 0. The Balaban J connectivity index is 2.18. The fourth-order valence-electron chi connectivity index (χ4n) is 1.37. The fourth-order valence-corrected chi connectivity index (χ4v) is 2.50. The number of ether oxygens (including phenoxy) is 1. The highest BCUT2D eigenvalue weighted by Crippen LogP contribution is 2.32. The molecule has 19 heavy (non-hydrogen) atoms. The molecule has 1 aliphatic heterocycles. The van der Waals surface area contributed by atoms with E-state index >= 15 is 0 Å². The number of carbonyl (C=O) groups excluding carboxylic acids is 3. The summed E-state index contributed by atoms with van der Waals surface area (Å²) in [6.45, 7) is -0.389. The smallest absolute Gasteiger partial charge is 0.325 e. The maximum absolute atomic E-state index is 11.9. The molecule has 0 N–H and O–H groups in total. The molecule has 2 rings (SSSR count). The van der Waals surface area contributed by atoms with Crippen molar-refractivity contribution in [2.24, 2.45) is 0 Å². The van der Waals surface area contributed by atoms with Crippen molar-refractivity contribution in [3.8, 4) is 0 Å². The molecule has 0 atom stereocenters. The van der Waals surface area contributed by atoms with E-state index in [0.29, 0.717) is 10.4 Å². The van der Waals surface area contributed by atoms with Gasteiger partial charge in [-0.2, -0.15) is 0 Å². The lowest BCUT2D eigenvalue weighted by atomic mass is 10.3. The average Bonchev–Trinajstić information content (AvgIpc) is 2.88. The molecule has 100 valence electrons. The van der Waals surface area contributed by atoms with Gasteiger partial charge >= 0.3 is 5.97 Å². The topological polar surface area (TPSA) is 76.8 Å². The lowest BCUT2D eigenvalue weighted by Gasteiger charge is -2.09. The van der Waals surface area contributed by atoms with Gasteiger partial charge in [0.1, 0.15) is 12.3 Å². The van der Waals surface area contributed by atoms with Gasteiger partial charge in [-0.1, -0.05) is 0 Å². The largest absolute Gasteiger partial charge is 0.468 e. The van der Waals surface area contributed by atoms with Crippen molar-refractivity contribution < 1.29 is 23.5 Å². The number of esters is 1. The van der Waals surface area contributed by atoms with Crippen LogP contribution < -0.4 is 0 Å². The molecule has 1 saturated heterocycles. The Labute approximate surface area is 120 Å².